The topological polar surface area (TPSA) is 112 Å². The fourth-order valence-corrected chi connectivity index (χ4v) is 4.52. The summed E-state index contributed by atoms with van der Waals surface area (Å²) in [6, 6.07) is 1.02. The Kier molecular flexibility index (Phi) is 5.75. The van der Waals surface area contributed by atoms with Gasteiger partial charge in [-0.2, -0.15) is 15.0 Å². The van der Waals surface area contributed by atoms with Crippen LogP contribution in [0.15, 0.2) is 12.3 Å². The number of alkyl halides is 2. The zero-order valence-corrected chi connectivity index (χ0v) is 18.6. The molecule has 3 saturated heterocycles. The summed E-state index contributed by atoms with van der Waals surface area (Å²) in [5, 5.41) is 0. The summed E-state index contributed by atoms with van der Waals surface area (Å²) in [6.07, 6.45) is -1.46. The maximum atomic E-state index is 13.9. The normalized spacial score (nSPS) is 24.9. The highest BCUT2D eigenvalue weighted by Gasteiger charge is 2.39. The van der Waals surface area contributed by atoms with Crippen molar-refractivity contribution >= 4 is 17.7 Å². The molecule has 2 N–H and O–H groups in total. The van der Waals surface area contributed by atoms with Gasteiger partial charge < -0.3 is 29.7 Å². The van der Waals surface area contributed by atoms with Crippen LogP contribution in [0.25, 0.3) is 11.4 Å². The zero-order chi connectivity index (χ0) is 23.2. The Morgan fingerprint density at radius 3 is 2.33 bits per heavy atom. The van der Waals surface area contributed by atoms with Crippen molar-refractivity contribution in [2.24, 2.45) is 0 Å². The fraction of sp³-hybridized carbons (Fsp3) is 0.619. The van der Waals surface area contributed by atoms with Crippen molar-refractivity contribution < 1.29 is 23.0 Å². The second kappa shape index (κ2) is 8.58. The van der Waals surface area contributed by atoms with Gasteiger partial charge in [-0.05, 0) is 19.9 Å². The molecule has 2 aromatic rings. The average molecular weight is 463 g/mol. The lowest BCUT2D eigenvalue weighted by atomic mass is 10.0. The maximum absolute atomic E-state index is 13.9. The van der Waals surface area contributed by atoms with Crippen LogP contribution < -0.4 is 15.5 Å². The molecule has 0 aromatic carbocycles. The lowest BCUT2D eigenvalue weighted by Crippen LogP contribution is -2.60. The number of pyridine rings is 1. The van der Waals surface area contributed by atoms with Crippen LogP contribution in [-0.4, -0.2) is 83.7 Å². The number of anilines is 3. The molecule has 2 aromatic heterocycles. The Hall–Kier alpha value is -2.70. The van der Waals surface area contributed by atoms with E-state index >= 15 is 0 Å². The van der Waals surface area contributed by atoms with Gasteiger partial charge >= 0.3 is 0 Å². The molecule has 178 valence electrons. The molecule has 0 spiro atoms. The minimum Gasteiger partial charge on any atom is -0.384 e. The predicted octanol–water partition coefficient (Wildman–Crippen LogP) is 1.67. The van der Waals surface area contributed by atoms with E-state index in [9.17, 15) is 8.78 Å². The Balaban J connectivity index is 1.66. The average Bonchev–Trinajstić information content (AvgIpc) is 2.78. The molecule has 3 aliphatic heterocycles. The first kappa shape index (κ1) is 22.1. The molecule has 10 nitrogen and oxygen atoms in total. The first-order chi connectivity index (χ1) is 15.8. The van der Waals surface area contributed by atoms with Gasteiger partial charge in [0, 0.05) is 23.9 Å². The molecule has 2 bridgehead atoms. The molecule has 3 aliphatic rings. The Morgan fingerprint density at radius 1 is 1.03 bits per heavy atom. The van der Waals surface area contributed by atoms with Gasteiger partial charge in [-0.3, -0.25) is 0 Å². The van der Waals surface area contributed by atoms with Gasteiger partial charge in [0.25, 0.3) is 6.43 Å². The van der Waals surface area contributed by atoms with Gasteiger partial charge in [0.1, 0.15) is 5.82 Å². The number of nitrogen functional groups attached to an aromatic ring is 1. The molecule has 0 saturated carbocycles. The number of nitrogens with zero attached hydrogens (tertiary/aromatic N) is 6. The summed E-state index contributed by atoms with van der Waals surface area (Å²) in [6.45, 7) is 7.53. The van der Waals surface area contributed by atoms with Crippen molar-refractivity contribution in [1.29, 1.82) is 0 Å². The summed E-state index contributed by atoms with van der Waals surface area (Å²) >= 11 is 0. The van der Waals surface area contributed by atoms with Crippen molar-refractivity contribution in [1.82, 2.24) is 19.9 Å². The number of nitrogens with two attached hydrogens (primary N) is 1. The smallest absolute Gasteiger partial charge is 0.264 e. The molecule has 0 aliphatic carbocycles. The van der Waals surface area contributed by atoms with Crippen molar-refractivity contribution in [3.8, 4) is 11.4 Å². The lowest BCUT2D eigenvalue weighted by Gasteiger charge is -2.46. The molecule has 0 unspecified atom stereocenters. The maximum Gasteiger partial charge on any atom is 0.264 e. The van der Waals surface area contributed by atoms with E-state index in [0.717, 1.165) is 0 Å². The van der Waals surface area contributed by atoms with Crippen LogP contribution >= 0.6 is 0 Å². The number of rotatable bonds is 4. The molecule has 0 atom stereocenters. The number of halogens is 2. The van der Waals surface area contributed by atoms with Gasteiger partial charge in [0.2, 0.25) is 11.9 Å². The standard InChI is InChI=1S/C21H27F2N7O3/c1-21(2)11-31-4-3-29(21)19-26-18(15-6-25-16(24)5-14(15)17(22)23)27-20(28-19)30-12-7-32-9-13(30)10-33-8-12/h5-6,12-13,17H,3-4,7-11H2,1-2H3,(H2,24,25). The van der Waals surface area contributed by atoms with Crippen LogP contribution in [0, 0.1) is 0 Å². The van der Waals surface area contributed by atoms with E-state index in [4.69, 9.17) is 24.9 Å². The highest BCUT2D eigenvalue weighted by Crippen LogP contribution is 2.34. The molecule has 3 fully saturated rings. The third kappa shape index (κ3) is 4.18. The van der Waals surface area contributed by atoms with Crippen molar-refractivity contribution in [3.63, 3.8) is 0 Å². The largest absolute Gasteiger partial charge is 0.384 e. The summed E-state index contributed by atoms with van der Waals surface area (Å²) in [5.74, 6) is 0.963. The minimum atomic E-state index is -2.76. The van der Waals surface area contributed by atoms with Gasteiger partial charge in [-0.1, -0.05) is 0 Å². The van der Waals surface area contributed by atoms with Crippen molar-refractivity contribution in [3.05, 3.63) is 17.8 Å². The predicted molar refractivity (Wildman–Crippen MR) is 116 cm³/mol. The van der Waals surface area contributed by atoms with Crippen molar-refractivity contribution in [2.75, 3.05) is 61.7 Å². The molecular weight excluding hydrogens is 436 g/mol. The Labute approximate surface area is 190 Å². The van der Waals surface area contributed by atoms with Gasteiger partial charge in [-0.15, -0.1) is 0 Å². The van der Waals surface area contributed by atoms with E-state index in [1.54, 1.807) is 0 Å². The number of aromatic nitrogens is 4. The summed E-state index contributed by atoms with van der Waals surface area (Å²) in [5.41, 5.74) is 5.16. The van der Waals surface area contributed by atoms with Crippen LogP contribution in [0.3, 0.4) is 0 Å². The van der Waals surface area contributed by atoms with Crippen LogP contribution in [0.2, 0.25) is 0 Å². The van der Waals surface area contributed by atoms with E-state index in [1.165, 1.54) is 12.3 Å². The highest BCUT2D eigenvalue weighted by molar-refractivity contribution is 5.64. The summed E-state index contributed by atoms with van der Waals surface area (Å²) in [7, 11) is 0. The van der Waals surface area contributed by atoms with E-state index in [1.807, 2.05) is 18.7 Å². The third-order valence-corrected chi connectivity index (χ3v) is 6.19. The first-order valence-electron chi connectivity index (χ1n) is 10.9. The molecule has 33 heavy (non-hydrogen) atoms. The van der Waals surface area contributed by atoms with E-state index in [2.05, 4.69) is 19.9 Å². The number of ether oxygens (including phenoxy) is 3. The van der Waals surface area contributed by atoms with Crippen molar-refractivity contribution in [2.45, 2.75) is 37.9 Å². The lowest BCUT2D eigenvalue weighted by molar-refractivity contribution is -0.0355. The number of hydrogen-bond donors (Lipinski definition) is 1. The van der Waals surface area contributed by atoms with Gasteiger partial charge in [-0.25, -0.2) is 13.8 Å². The number of morpholine rings is 3. The first-order valence-corrected chi connectivity index (χ1v) is 10.9. The second-order valence-corrected chi connectivity index (χ2v) is 9.06. The molecular formula is C21H27F2N7O3. The van der Waals surface area contributed by atoms with E-state index in [0.29, 0.717) is 58.1 Å². The fourth-order valence-electron chi connectivity index (χ4n) is 4.52. The molecule has 0 radical (unpaired) electrons. The van der Waals surface area contributed by atoms with E-state index in [-0.39, 0.29) is 40.4 Å². The van der Waals surface area contributed by atoms with Crippen LogP contribution in [0.5, 0.6) is 0 Å². The third-order valence-electron chi connectivity index (χ3n) is 6.19. The monoisotopic (exact) mass is 463 g/mol. The second-order valence-electron chi connectivity index (χ2n) is 9.06. The molecule has 12 heteroatoms. The summed E-state index contributed by atoms with van der Waals surface area (Å²) in [4.78, 5) is 22.2. The SMILES string of the molecule is CC1(C)COCCN1c1nc(-c2cnc(N)cc2C(F)F)nc(N2C3COCC2COC3)n1. The molecule has 5 rings (SSSR count). The van der Waals surface area contributed by atoms with Gasteiger partial charge in [0.05, 0.1) is 57.3 Å². The molecule has 0 amide bonds. The van der Waals surface area contributed by atoms with Crippen LogP contribution in [-0.2, 0) is 14.2 Å². The Morgan fingerprint density at radius 2 is 1.70 bits per heavy atom. The number of fused-ring (bicyclic) bond motifs is 2. The minimum absolute atomic E-state index is 0.0118. The number of hydrogen-bond acceptors (Lipinski definition) is 10. The Bertz CT molecular complexity index is 1000. The summed E-state index contributed by atoms with van der Waals surface area (Å²) < 4.78 is 44.8. The van der Waals surface area contributed by atoms with E-state index < -0.39 is 6.43 Å². The zero-order valence-electron chi connectivity index (χ0n) is 18.6. The van der Waals surface area contributed by atoms with Gasteiger partial charge in [0.15, 0.2) is 5.82 Å². The quantitative estimate of drug-likeness (QED) is 0.719. The van der Waals surface area contributed by atoms with Crippen LogP contribution in [0.4, 0.5) is 26.5 Å². The van der Waals surface area contributed by atoms with Crippen LogP contribution in [0.1, 0.15) is 25.8 Å². The highest BCUT2D eigenvalue weighted by atomic mass is 19.3. The molecule has 5 heterocycles.